The number of methoxy groups -OCH3 is 1. The third-order valence-corrected chi connectivity index (χ3v) is 2.34. The molecule has 0 aromatic heterocycles. The summed E-state index contributed by atoms with van der Waals surface area (Å²) in [4.78, 5) is 0. The lowest BCUT2D eigenvalue weighted by Gasteiger charge is -2.23. The van der Waals surface area contributed by atoms with Crippen molar-refractivity contribution in [2.45, 2.75) is 13.0 Å². The second-order valence-electron chi connectivity index (χ2n) is 3.38. The number of fused-ring (bicyclic) bond motifs is 1. The molecule has 1 unspecified atom stereocenters. The molecule has 0 saturated carbocycles. The van der Waals surface area contributed by atoms with Gasteiger partial charge in [-0.25, -0.2) is 0 Å². The summed E-state index contributed by atoms with van der Waals surface area (Å²) in [6.07, 6.45) is -0.642. The van der Waals surface area contributed by atoms with E-state index in [1.807, 2.05) is 0 Å². The van der Waals surface area contributed by atoms with Crippen LogP contribution in [0.4, 0.5) is 0 Å². The Morgan fingerprint density at radius 1 is 1.33 bits per heavy atom. The molecule has 0 aliphatic carbocycles. The van der Waals surface area contributed by atoms with Crippen LogP contribution in [0.25, 0.3) is 0 Å². The molecule has 82 valence electrons. The average molecular weight is 210 g/mol. The molecule has 0 radical (unpaired) electrons. The molecular weight excluding hydrogens is 196 g/mol. The van der Waals surface area contributed by atoms with Gasteiger partial charge in [0.25, 0.3) is 0 Å². The Labute approximate surface area is 88.4 Å². The van der Waals surface area contributed by atoms with Crippen molar-refractivity contribution in [2.24, 2.45) is 0 Å². The monoisotopic (exact) mass is 210 g/mol. The summed E-state index contributed by atoms with van der Waals surface area (Å²) in [6.45, 7) is 2.72. The molecule has 0 spiro atoms. The summed E-state index contributed by atoms with van der Waals surface area (Å²) in [5.41, 5.74) is 0.648. The van der Waals surface area contributed by atoms with Crippen molar-refractivity contribution in [3.8, 4) is 17.2 Å². The van der Waals surface area contributed by atoms with Gasteiger partial charge in [-0.15, -0.1) is 0 Å². The van der Waals surface area contributed by atoms with E-state index in [4.69, 9.17) is 14.2 Å². The first-order valence-corrected chi connectivity index (χ1v) is 4.88. The van der Waals surface area contributed by atoms with Gasteiger partial charge in [0.15, 0.2) is 11.5 Å². The summed E-state index contributed by atoms with van der Waals surface area (Å²) >= 11 is 0. The predicted molar refractivity (Wildman–Crippen MR) is 54.6 cm³/mol. The van der Waals surface area contributed by atoms with Crippen molar-refractivity contribution in [1.82, 2.24) is 0 Å². The van der Waals surface area contributed by atoms with Crippen molar-refractivity contribution in [1.29, 1.82) is 0 Å². The topological polar surface area (TPSA) is 47.9 Å². The molecule has 2 rings (SSSR count). The lowest BCUT2D eigenvalue weighted by Crippen LogP contribution is -2.17. The van der Waals surface area contributed by atoms with E-state index in [2.05, 4.69) is 0 Å². The van der Waals surface area contributed by atoms with Crippen molar-refractivity contribution < 1.29 is 19.3 Å². The predicted octanol–water partition coefficient (Wildman–Crippen LogP) is 1.52. The fraction of sp³-hybridized carbons (Fsp3) is 0.455. The summed E-state index contributed by atoms with van der Waals surface area (Å²) in [7, 11) is 1.57. The Bertz CT molecular complexity index is 360. The summed E-state index contributed by atoms with van der Waals surface area (Å²) in [6, 6.07) is 3.56. The van der Waals surface area contributed by atoms with Gasteiger partial charge in [-0.05, 0) is 19.1 Å². The van der Waals surface area contributed by atoms with Crippen LogP contribution in [-0.2, 0) is 0 Å². The third-order valence-electron chi connectivity index (χ3n) is 2.34. The van der Waals surface area contributed by atoms with Gasteiger partial charge >= 0.3 is 0 Å². The Morgan fingerprint density at radius 2 is 2.07 bits per heavy atom. The van der Waals surface area contributed by atoms with Gasteiger partial charge in [-0.2, -0.15) is 0 Å². The fourth-order valence-electron chi connectivity index (χ4n) is 1.69. The van der Waals surface area contributed by atoms with E-state index >= 15 is 0 Å². The van der Waals surface area contributed by atoms with E-state index in [0.717, 1.165) is 0 Å². The highest BCUT2D eigenvalue weighted by atomic mass is 16.6. The smallest absolute Gasteiger partial charge is 0.170 e. The number of aliphatic hydroxyl groups is 1. The zero-order valence-electron chi connectivity index (χ0n) is 8.82. The largest absolute Gasteiger partial charge is 0.496 e. The highest BCUT2D eigenvalue weighted by Gasteiger charge is 2.22. The number of aliphatic hydroxyl groups excluding tert-OH is 1. The molecule has 1 atom stereocenters. The first kappa shape index (κ1) is 10.1. The fourth-order valence-corrected chi connectivity index (χ4v) is 1.69. The molecule has 1 aliphatic heterocycles. The molecule has 0 fully saturated rings. The van der Waals surface area contributed by atoms with Gasteiger partial charge in [0.2, 0.25) is 0 Å². The quantitative estimate of drug-likeness (QED) is 0.804. The lowest BCUT2D eigenvalue weighted by molar-refractivity contribution is 0.150. The summed E-state index contributed by atoms with van der Waals surface area (Å²) in [5, 5.41) is 9.68. The zero-order valence-corrected chi connectivity index (χ0v) is 8.82. The van der Waals surface area contributed by atoms with Crippen LogP contribution in [-0.4, -0.2) is 25.4 Å². The highest BCUT2D eigenvalue weighted by Crippen LogP contribution is 2.42. The highest BCUT2D eigenvalue weighted by molar-refractivity contribution is 5.55. The minimum atomic E-state index is -0.642. The van der Waals surface area contributed by atoms with Gasteiger partial charge in [-0.1, -0.05) is 0 Å². The summed E-state index contributed by atoms with van der Waals surface area (Å²) < 4.78 is 16.1. The maximum Gasteiger partial charge on any atom is 0.170 e. The standard InChI is InChI=1S/C11H14O4/c1-7(12)10-8(13-2)3-4-9-11(10)15-6-5-14-9/h3-4,7,12H,5-6H2,1-2H3. The molecule has 4 nitrogen and oxygen atoms in total. The van der Waals surface area contributed by atoms with Crippen molar-refractivity contribution in [3.05, 3.63) is 17.7 Å². The maximum atomic E-state index is 9.68. The molecule has 1 aromatic rings. The van der Waals surface area contributed by atoms with E-state index in [1.165, 1.54) is 0 Å². The molecule has 0 amide bonds. The third kappa shape index (κ3) is 1.72. The molecule has 1 heterocycles. The van der Waals surface area contributed by atoms with Crippen LogP contribution in [0.2, 0.25) is 0 Å². The Hall–Kier alpha value is -1.42. The number of benzene rings is 1. The van der Waals surface area contributed by atoms with Crippen LogP contribution in [0.5, 0.6) is 17.2 Å². The van der Waals surface area contributed by atoms with E-state index < -0.39 is 6.10 Å². The van der Waals surface area contributed by atoms with Gasteiger partial charge in [0.05, 0.1) is 18.8 Å². The zero-order chi connectivity index (χ0) is 10.8. The van der Waals surface area contributed by atoms with E-state index in [0.29, 0.717) is 36.0 Å². The Balaban J connectivity index is 2.54. The molecule has 1 aliphatic rings. The molecule has 1 N–H and O–H groups in total. The van der Waals surface area contributed by atoms with Gasteiger partial charge in [0, 0.05) is 0 Å². The second kappa shape index (κ2) is 3.98. The molecule has 0 bridgehead atoms. The minimum Gasteiger partial charge on any atom is -0.496 e. The van der Waals surface area contributed by atoms with E-state index in [9.17, 15) is 5.11 Å². The van der Waals surface area contributed by atoms with E-state index in [-0.39, 0.29) is 0 Å². The molecule has 0 saturated heterocycles. The normalized spacial score (nSPS) is 15.9. The molecule has 1 aromatic carbocycles. The van der Waals surface area contributed by atoms with Crippen molar-refractivity contribution in [2.75, 3.05) is 20.3 Å². The van der Waals surface area contributed by atoms with Crippen molar-refractivity contribution >= 4 is 0 Å². The molecule has 15 heavy (non-hydrogen) atoms. The molecular formula is C11H14O4. The second-order valence-corrected chi connectivity index (χ2v) is 3.38. The Kier molecular flexibility index (Phi) is 2.68. The van der Waals surface area contributed by atoms with Crippen LogP contribution >= 0.6 is 0 Å². The van der Waals surface area contributed by atoms with Crippen LogP contribution in [0.3, 0.4) is 0 Å². The summed E-state index contributed by atoms with van der Waals surface area (Å²) in [5.74, 6) is 1.88. The maximum absolute atomic E-state index is 9.68. The first-order valence-electron chi connectivity index (χ1n) is 4.88. The van der Waals surface area contributed by atoms with Crippen LogP contribution < -0.4 is 14.2 Å². The van der Waals surface area contributed by atoms with Gasteiger partial charge in [0.1, 0.15) is 19.0 Å². The first-order chi connectivity index (χ1) is 7.24. The van der Waals surface area contributed by atoms with Gasteiger partial charge < -0.3 is 19.3 Å². The van der Waals surface area contributed by atoms with Crippen molar-refractivity contribution in [3.63, 3.8) is 0 Å². The Morgan fingerprint density at radius 3 is 2.73 bits per heavy atom. The number of hydrogen-bond donors (Lipinski definition) is 1. The number of ether oxygens (including phenoxy) is 3. The lowest BCUT2D eigenvalue weighted by atomic mass is 10.1. The van der Waals surface area contributed by atoms with Crippen LogP contribution in [0.15, 0.2) is 12.1 Å². The van der Waals surface area contributed by atoms with Crippen LogP contribution in [0.1, 0.15) is 18.6 Å². The number of hydrogen-bond acceptors (Lipinski definition) is 4. The minimum absolute atomic E-state index is 0.500. The average Bonchev–Trinajstić information content (AvgIpc) is 2.27. The van der Waals surface area contributed by atoms with Gasteiger partial charge in [-0.3, -0.25) is 0 Å². The van der Waals surface area contributed by atoms with E-state index in [1.54, 1.807) is 26.2 Å². The molecule has 4 heteroatoms. The number of rotatable bonds is 2. The van der Waals surface area contributed by atoms with Crippen LogP contribution in [0, 0.1) is 0 Å². The SMILES string of the molecule is COc1ccc2c(c1C(C)O)OCCO2.